The second kappa shape index (κ2) is 8.40. The Labute approximate surface area is 191 Å². The van der Waals surface area contributed by atoms with Crippen molar-refractivity contribution in [2.24, 2.45) is 7.05 Å². The van der Waals surface area contributed by atoms with Gasteiger partial charge in [0.25, 0.3) is 0 Å². The van der Waals surface area contributed by atoms with Crippen LogP contribution in [0.25, 0.3) is 33.8 Å². The van der Waals surface area contributed by atoms with E-state index in [1.807, 2.05) is 55.1 Å². The average molecular weight is 446 g/mol. The van der Waals surface area contributed by atoms with Crippen molar-refractivity contribution < 1.29 is 9.90 Å². The molecule has 0 unspecified atom stereocenters. The van der Waals surface area contributed by atoms with Gasteiger partial charge in [-0.1, -0.05) is 18.2 Å². The van der Waals surface area contributed by atoms with Crippen LogP contribution in [0, 0.1) is 0 Å². The molecule has 1 aliphatic rings. The Kier molecular flexibility index (Phi) is 5.41. The van der Waals surface area contributed by atoms with Crippen LogP contribution < -0.4 is 4.90 Å². The first-order valence-electron chi connectivity index (χ1n) is 11.3. The highest BCUT2D eigenvalue weighted by atomic mass is 16.3. The Morgan fingerprint density at radius 1 is 1.12 bits per heavy atom. The van der Waals surface area contributed by atoms with Crippen molar-refractivity contribution in [3.05, 3.63) is 42.4 Å². The summed E-state index contributed by atoms with van der Waals surface area (Å²) in [6.07, 6.45) is 2.96. The summed E-state index contributed by atoms with van der Waals surface area (Å²) in [5.74, 6) is 1.57. The first kappa shape index (κ1) is 21.3. The summed E-state index contributed by atoms with van der Waals surface area (Å²) in [4.78, 5) is 28.9. The molecular weight excluding hydrogens is 418 g/mol. The summed E-state index contributed by atoms with van der Waals surface area (Å²) in [6.45, 7) is 5.43. The molecule has 0 aliphatic carbocycles. The second-order valence-electron chi connectivity index (χ2n) is 8.45. The fourth-order valence-corrected chi connectivity index (χ4v) is 4.37. The maximum absolute atomic E-state index is 12.3. The first-order valence-corrected chi connectivity index (χ1v) is 11.3. The number of aliphatic hydroxyl groups excluding tert-OH is 1. The largest absolute Gasteiger partial charge is 0.393 e. The number of carbonyl (C=O) groups excluding carboxylic acids is 1. The number of aromatic nitrogens is 6. The number of aryl methyl sites for hydroxylation is 2. The number of Topliss-reactive ketones (excluding diaryl/α,β-unsaturated/α-hetero) is 1. The van der Waals surface area contributed by atoms with E-state index in [4.69, 9.17) is 9.97 Å². The number of hydrogen-bond donors (Lipinski definition) is 1. The van der Waals surface area contributed by atoms with Gasteiger partial charge in [0.15, 0.2) is 34.4 Å². The summed E-state index contributed by atoms with van der Waals surface area (Å²) < 4.78 is 3.63. The molecule has 1 N–H and O–H groups in total. The predicted molar refractivity (Wildman–Crippen MR) is 126 cm³/mol. The number of aliphatic hydroxyl groups is 1. The Morgan fingerprint density at radius 2 is 1.88 bits per heavy atom. The van der Waals surface area contributed by atoms with Gasteiger partial charge in [0.1, 0.15) is 0 Å². The fourth-order valence-electron chi connectivity index (χ4n) is 4.37. The number of ketones is 1. The fraction of sp³-hybridized carbons (Fsp3) is 0.375. The van der Waals surface area contributed by atoms with Crippen molar-refractivity contribution in [1.82, 2.24) is 29.3 Å². The topological polar surface area (TPSA) is 102 Å². The lowest BCUT2D eigenvalue weighted by Crippen LogP contribution is -2.36. The molecule has 1 aliphatic heterocycles. The lowest BCUT2D eigenvalue weighted by molar-refractivity contribution is 0.1000. The lowest BCUT2D eigenvalue weighted by Gasteiger charge is -2.30. The second-order valence-corrected chi connectivity index (χ2v) is 8.45. The zero-order valence-corrected chi connectivity index (χ0v) is 19.1. The van der Waals surface area contributed by atoms with Crippen molar-refractivity contribution in [1.29, 1.82) is 0 Å². The highest BCUT2D eigenvalue weighted by Gasteiger charge is 2.26. The van der Waals surface area contributed by atoms with Gasteiger partial charge in [-0.2, -0.15) is 5.10 Å². The van der Waals surface area contributed by atoms with Crippen LogP contribution in [0.3, 0.4) is 0 Å². The third-order valence-electron chi connectivity index (χ3n) is 6.10. The van der Waals surface area contributed by atoms with E-state index in [2.05, 4.69) is 15.0 Å². The highest BCUT2D eigenvalue weighted by Crippen LogP contribution is 2.31. The number of carbonyl (C=O) groups is 1. The monoisotopic (exact) mass is 445 g/mol. The van der Waals surface area contributed by atoms with E-state index in [0.717, 1.165) is 16.8 Å². The number of benzene rings is 1. The Morgan fingerprint density at radius 3 is 2.55 bits per heavy atom. The molecule has 33 heavy (non-hydrogen) atoms. The molecule has 0 amide bonds. The van der Waals surface area contributed by atoms with E-state index in [-0.39, 0.29) is 11.9 Å². The highest BCUT2D eigenvalue weighted by molar-refractivity contribution is 5.96. The minimum absolute atomic E-state index is 0.103. The molecule has 9 heteroatoms. The van der Waals surface area contributed by atoms with Gasteiger partial charge < -0.3 is 14.6 Å². The van der Waals surface area contributed by atoms with Crippen molar-refractivity contribution in [2.45, 2.75) is 39.3 Å². The molecule has 1 fully saturated rings. The molecule has 0 bridgehead atoms. The summed E-state index contributed by atoms with van der Waals surface area (Å²) in [6, 6.07) is 9.98. The van der Waals surface area contributed by atoms with Gasteiger partial charge in [-0.15, -0.1) is 0 Å². The van der Waals surface area contributed by atoms with Gasteiger partial charge in [-0.25, -0.2) is 15.0 Å². The number of hydrogen-bond acceptors (Lipinski definition) is 7. The van der Waals surface area contributed by atoms with E-state index in [0.29, 0.717) is 61.1 Å². The normalized spacial score (nSPS) is 14.8. The Balaban J connectivity index is 1.69. The molecule has 3 aromatic heterocycles. The third-order valence-corrected chi connectivity index (χ3v) is 6.10. The Hall–Kier alpha value is -3.59. The molecule has 170 valence electrons. The SMILES string of the molecule is CCn1c(C(C)=O)nc2c(N3CCC(O)CC3)nc(-c3cccc(-c4ccn(C)n4)c3)nc21. The maximum Gasteiger partial charge on any atom is 0.195 e. The van der Waals surface area contributed by atoms with Crippen molar-refractivity contribution >= 4 is 22.8 Å². The van der Waals surface area contributed by atoms with Gasteiger partial charge in [0.05, 0.1) is 11.8 Å². The molecule has 5 rings (SSSR count). The number of imidazole rings is 1. The van der Waals surface area contributed by atoms with Crippen LogP contribution in [0.1, 0.15) is 37.3 Å². The number of rotatable bonds is 5. The summed E-state index contributed by atoms with van der Waals surface area (Å²) >= 11 is 0. The van der Waals surface area contributed by atoms with Crippen LogP contribution in [0.5, 0.6) is 0 Å². The van der Waals surface area contributed by atoms with E-state index < -0.39 is 0 Å². The number of fused-ring (bicyclic) bond motifs is 1. The van der Waals surface area contributed by atoms with E-state index in [9.17, 15) is 9.90 Å². The number of piperidine rings is 1. The number of nitrogens with zero attached hydrogens (tertiary/aromatic N) is 7. The van der Waals surface area contributed by atoms with Crippen LogP contribution in [0.4, 0.5) is 5.82 Å². The molecular formula is C24H27N7O2. The molecule has 0 spiro atoms. The molecule has 1 aromatic carbocycles. The van der Waals surface area contributed by atoms with Crippen LogP contribution in [-0.2, 0) is 13.6 Å². The quantitative estimate of drug-likeness (QED) is 0.471. The van der Waals surface area contributed by atoms with Crippen molar-refractivity contribution in [3.8, 4) is 22.6 Å². The summed E-state index contributed by atoms with van der Waals surface area (Å²) in [5.41, 5.74) is 4.00. The van der Waals surface area contributed by atoms with Gasteiger partial charge in [0.2, 0.25) is 0 Å². The average Bonchev–Trinajstić information content (AvgIpc) is 3.42. The first-order chi connectivity index (χ1) is 15.9. The zero-order chi connectivity index (χ0) is 23.1. The van der Waals surface area contributed by atoms with E-state index in [1.54, 1.807) is 4.68 Å². The predicted octanol–water partition coefficient (Wildman–Crippen LogP) is 3.08. The smallest absolute Gasteiger partial charge is 0.195 e. The standard InChI is InChI=1S/C24H27N7O2/c1-4-31-22(15(2)32)25-20-23(30-12-8-18(33)9-13-30)26-21(27-24(20)31)17-7-5-6-16(14-17)19-10-11-29(3)28-19/h5-7,10-11,14,18,33H,4,8-9,12-13H2,1-3H3. The van der Waals surface area contributed by atoms with Crippen molar-refractivity contribution in [2.75, 3.05) is 18.0 Å². The summed E-state index contributed by atoms with van der Waals surface area (Å²) in [7, 11) is 1.89. The van der Waals surface area contributed by atoms with Crippen LogP contribution >= 0.6 is 0 Å². The van der Waals surface area contributed by atoms with Crippen LogP contribution in [0.15, 0.2) is 36.5 Å². The third kappa shape index (κ3) is 3.89. The molecule has 0 saturated carbocycles. The molecule has 4 heterocycles. The van der Waals surface area contributed by atoms with E-state index in [1.165, 1.54) is 6.92 Å². The molecule has 0 atom stereocenters. The minimum Gasteiger partial charge on any atom is -0.393 e. The van der Waals surface area contributed by atoms with Crippen LogP contribution in [0.2, 0.25) is 0 Å². The molecule has 0 radical (unpaired) electrons. The van der Waals surface area contributed by atoms with Gasteiger partial charge in [-0.3, -0.25) is 9.48 Å². The van der Waals surface area contributed by atoms with E-state index >= 15 is 0 Å². The van der Waals surface area contributed by atoms with Gasteiger partial charge in [0, 0.05) is 50.9 Å². The zero-order valence-electron chi connectivity index (χ0n) is 19.1. The molecule has 4 aromatic rings. The maximum atomic E-state index is 12.3. The minimum atomic E-state index is -0.297. The summed E-state index contributed by atoms with van der Waals surface area (Å²) in [5, 5.41) is 14.5. The molecule has 1 saturated heterocycles. The lowest BCUT2D eigenvalue weighted by atomic mass is 10.1. The Bertz CT molecular complexity index is 1330. The van der Waals surface area contributed by atoms with Crippen molar-refractivity contribution in [3.63, 3.8) is 0 Å². The van der Waals surface area contributed by atoms with Gasteiger partial charge in [-0.05, 0) is 31.9 Å². The van der Waals surface area contributed by atoms with Crippen LogP contribution in [-0.4, -0.2) is 59.4 Å². The molecule has 9 nitrogen and oxygen atoms in total. The van der Waals surface area contributed by atoms with Gasteiger partial charge >= 0.3 is 0 Å². The number of anilines is 1.